The van der Waals surface area contributed by atoms with Crippen LogP contribution >= 0.6 is 0 Å². The Balaban J connectivity index is 1.62. The van der Waals surface area contributed by atoms with Crippen molar-refractivity contribution >= 4 is 12.2 Å². The van der Waals surface area contributed by atoms with Crippen molar-refractivity contribution in [1.29, 1.82) is 0 Å². The number of likely N-dealkylation sites (tertiary alicyclic amines) is 1. The number of alkyl halides is 3. The predicted octanol–water partition coefficient (Wildman–Crippen LogP) is 5.27. The van der Waals surface area contributed by atoms with Crippen LogP contribution in [0.1, 0.15) is 52.0 Å². The Morgan fingerprint density at radius 3 is 2.31 bits per heavy atom. The molecule has 1 saturated heterocycles. The van der Waals surface area contributed by atoms with Crippen molar-refractivity contribution in [3.63, 3.8) is 0 Å². The summed E-state index contributed by atoms with van der Waals surface area (Å²) in [6.45, 7) is 5.81. The number of amides is 2. The SMILES string of the molecule is CC(C)(C)OC(=O)N[C@@H]1C[C@H](C(F)(F)F)CC12CCN(C(=O)OCc1ccccc1)CC2. The van der Waals surface area contributed by atoms with Crippen LogP contribution < -0.4 is 5.32 Å². The van der Waals surface area contributed by atoms with Gasteiger partial charge >= 0.3 is 18.4 Å². The van der Waals surface area contributed by atoms with Gasteiger partial charge < -0.3 is 19.7 Å². The van der Waals surface area contributed by atoms with Gasteiger partial charge in [0.2, 0.25) is 0 Å². The molecule has 0 radical (unpaired) electrons. The molecule has 2 fully saturated rings. The van der Waals surface area contributed by atoms with Crippen molar-refractivity contribution in [2.24, 2.45) is 11.3 Å². The number of piperidine rings is 1. The monoisotopic (exact) mass is 456 g/mol. The smallest absolute Gasteiger partial charge is 0.410 e. The maximum absolute atomic E-state index is 13.5. The van der Waals surface area contributed by atoms with Crippen LogP contribution in [0.25, 0.3) is 0 Å². The molecule has 1 aromatic carbocycles. The average Bonchev–Trinajstić information content (AvgIpc) is 3.04. The quantitative estimate of drug-likeness (QED) is 0.673. The zero-order valence-corrected chi connectivity index (χ0v) is 18.7. The lowest BCUT2D eigenvalue weighted by molar-refractivity contribution is -0.175. The summed E-state index contributed by atoms with van der Waals surface area (Å²) in [5.74, 6) is -1.49. The number of nitrogens with zero attached hydrogens (tertiary/aromatic N) is 1. The normalized spacial score (nSPS) is 23.1. The number of rotatable bonds is 3. The molecule has 1 saturated carbocycles. The van der Waals surface area contributed by atoms with E-state index in [1.54, 1.807) is 20.8 Å². The van der Waals surface area contributed by atoms with Gasteiger partial charge in [-0.25, -0.2) is 9.59 Å². The van der Waals surface area contributed by atoms with E-state index >= 15 is 0 Å². The summed E-state index contributed by atoms with van der Waals surface area (Å²) >= 11 is 0. The molecule has 3 rings (SSSR count). The fraction of sp³-hybridized carbons (Fsp3) is 0.652. The van der Waals surface area contributed by atoms with Gasteiger partial charge in [0.05, 0.1) is 5.92 Å². The fourth-order valence-corrected chi connectivity index (χ4v) is 4.66. The Morgan fingerprint density at radius 2 is 1.75 bits per heavy atom. The van der Waals surface area contributed by atoms with Crippen LogP contribution in [0.2, 0.25) is 0 Å². The number of nitrogens with one attached hydrogen (secondary N) is 1. The lowest BCUT2D eigenvalue weighted by atomic mass is 9.73. The third kappa shape index (κ3) is 6.07. The lowest BCUT2D eigenvalue weighted by Gasteiger charge is -2.43. The highest BCUT2D eigenvalue weighted by atomic mass is 19.4. The van der Waals surface area contributed by atoms with Gasteiger partial charge in [-0.1, -0.05) is 30.3 Å². The van der Waals surface area contributed by atoms with Crippen LogP contribution in [0.15, 0.2) is 30.3 Å². The number of ether oxygens (including phenoxy) is 2. The Hall–Kier alpha value is -2.45. The summed E-state index contributed by atoms with van der Waals surface area (Å²) in [6, 6.07) is 8.60. The first-order chi connectivity index (χ1) is 14.9. The van der Waals surface area contributed by atoms with E-state index in [1.165, 1.54) is 4.90 Å². The van der Waals surface area contributed by atoms with Gasteiger partial charge in [-0.15, -0.1) is 0 Å². The van der Waals surface area contributed by atoms with Crippen molar-refractivity contribution in [2.75, 3.05) is 13.1 Å². The largest absolute Gasteiger partial charge is 0.445 e. The molecule has 2 aliphatic rings. The van der Waals surface area contributed by atoms with Crippen molar-refractivity contribution < 1.29 is 32.2 Å². The minimum atomic E-state index is -4.33. The van der Waals surface area contributed by atoms with Crippen LogP contribution in [-0.2, 0) is 16.1 Å². The van der Waals surface area contributed by atoms with E-state index < -0.39 is 41.3 Å². The minimum Gasteiger partial charge on any atom is -0.445 e. The summed E-state index contributed by atoms with van der Waals surface area (Å²) in [4.78, 5) is 26.3. The highest BCUT2D eigenvalue weighted by Gasteiger charge is 2.57. The number of halogens is 3. The molecule has 1 N–H and O–H groups in total. The van der Waals surface area contributed by atoms with E-state index in [-0.39, 0.29) is 32.5 Å². The van der Waals surface area contributed by atoms with Crippen molar-refractivity contribution in [3.05, 3.63) is 35.9 Å². The van der Waals surface area contributed by atoms with Gasteiger partial charge in [-0.3, -0.25) is 0 Å². The van der Waals surface area contributed by atoms with Crippen LogP contribution in [0.5, 0.6) is 0 Å². The molecule has 178 valence electrons. The maximum Gasteiger partial charge on any atom is 0.410 e. The first-order valence-corrected chi connectivity index (χ1v) is 10.9. The topological polar surface area (TPSA) is 67.9 Å². The zero-order valence-electron chi connectivity index (χ0n) is 18.7. The van der Waals surface area contributed by atoms with E-state index in [9.17, 15) is 22.8 Å². The lowest BCUT2D eigenvalue weighted by Crippen LogP contribution is -2.52. The second kappa shape index (κ2) is 9.19. The molecule has 1 aliphatic carbocycles. The molecule has 1 aromatic rings. The van der Waals surface area contributed by atoms with Gasteiger partial charge in [0.1, 0.15) is 12.2 Å². The van der Waals surface area contributed by atoms with Crippen LogP contribution in [0.3, 0.4) is 0 Å². The second-order valence-electron chi connectivity index (χ2n) is 9.77. The van der Waals surface area contributed by atoms with Crippen LogP contribution in [0.4, 0.5) is 22.8 Å². The zero-order chi connectivity index (χ0) is 23.6. The third-order valence-corrected chi connectivity index (χ3v) is 6.29. The maximum atomic E-state index is 13.5. The molecule has 2 atom stereocenters. The Morgan fingerprint density at radius 1 is 1.12 bits per heavy atom. The Labute approximate surface area is 186 Å². The van der Waals surface area contributed by atoms with Gasteiger partial charge in [-0.05, 0) is 57.4 Å². The summed E-state index contributed by atoms with van der Waals surface area (Å²) in [5.41, 5.74) is -0.613. The highest BCUT2D eigenvalue weighted by molar-refractivity contribution is 5.69. The third-order valence-electron chi connectivity index (χ3n) is 6.29. The summed E-state index contributed by atoms with van der Waals surface area (Å²) in [7, 11) is 0. The first kappa shape index (κ1) is 24.2. The van der Waals surface area contributed by atoms with Crippen LogP contribution in [0, 0.1) is 11.3 Å². The number of hydrogen-bond donors (Lipinski definition) is 1. The molecule has 2 amide bonds. The molecule has 0 bridgehead atoms. The van der Waals surface area contributed by atoms with E-state index in [0.717, 1.165) is 5.56 Å². The van der Waals surface area contributed by atoms with Crippen molar-refractivity contribution in [3.8, 4) is 0 Å². The molecule has 0 aromatic heterocycles. The van der Waals surface area contributed by atoms with E-state index in [0.29, 0.717) is 12.8 Å². The minimum absolute atomic E-state index is 0.0656. The molecule has 1 aliphatic heterocycles. The van der Waals surface area contributed by atoms with Gasteiger partial charge in [-0.2, -0.15) is 13.2 Å². The van der Waals surface area contributed by atoms with Gasteiger partial charge in [0.25, 0.3) is 0 Å². The van der Waals surface area contributed by atoms with Gasteiger partial charge in [0.15, 0.2) is 0 Å². The van der Waals surface area contributed by atoms with E-state index in [1.807, 2.05) is 30.3 Å². The summed E-state index contributed by atoms with van der Waals surface area (Å²) in [5, 5.41) is 2.69. The molecule has 32 heavy (non-hydrogen) atoms. The standard InChI is InChI=1S/C23H31F3N2O4/c1-21(2,3)32-19(29)27-18-13-17(23(24,25)26)14-22(18)9-11-28(12-10-22)20(30)31-15-16-7-5-4-6-8-16/h4-8,17-18H,9-15H2,1-3H3,(H,27,29)/t17-,18+/m0/s1. The van der Waals surface area contributed by atoms with E-state index in [4.69, 9.17) is 9.47 Å². The molecular weight excluding hydrogens is 425 g/mol. The average molecular weight is 457 g/mol. The summed E-state index contributed by atoms with van der Waals surface area (Å²) in [6.07, 6.45) is -5.05. The Bertz CT molecular complexity index is 800. The number of alkyl carbamates (subject to hydrolysis) is 1. The molecule has 9 heteroatoms. The molecule has 0 unspecified atom stereocenters. The summed E-state index contributed by atoms with van der Waals surface area (Å²) < 4.78 is 51.2. The number of carbonyl (C=O) groups is 2. The van der Waals surface area contributed by atoms with Gasteiger partial charge in [0, 0.05) is 19.1 Å². The van der Waals surface area contributed by atoms with Crippen molar-refractivity contribution in [1.82, 2.24) is 10.2 Å². The highest BCUT2D eigenvalue weighted by Crippen LogP contribution is 2.53. The van der Waals surface area contributed by atoms with Crippen molar-refractivity contribution in [2.45, 2.75) is 70.9 Å². The first-order valence-electron chi connectivity index (χ1n) is 10.9. The van der Waals surface area contributed by atoms with E-state index in [2.05, 4.69) is 5.32 Å². The Kier molecular flexibility index (Phi) is 6.95. The number of hydrogen-bond acceptors (Lipinski definition) is 4. The molecule has 1 spiro atoms. The fourth-order valence-electron chi connectivity index (χ4n) is 4.66. The number of carbonyl (C=O) groups excluding carboxylic acids is 2. The number of benzene rings is 1. The van der Waals surface area contributed by atoms with Crippen LogP contribution in [-0.4, -0.2) is 48.0 Å². The molecule has 6 nitrogen and oxygen atoms in total. The second-order valence-corrected chi connectivity index (χ2v) is 9.77. The predicted molar refractivity (Wildman–Crippen MR) is 112 cm³/mol. The molecular formula is C23H31F3N2O4. The molecule has 1 heterocycles.